The summed E-state index contributed by atoms with van der Waals surface area (Å²) in [6, 6.07) is 17.4. The Hall–Kier alpha value is -2.89. The molecule has 5 nitrogen and oxygen atoms in total. The lowest BCUT2D eigenvalue weighted by atomic mass is 9.89. The minimum absolute atomic E-state index is 0.129. The number of Topliss-reactive ketones (excluding diaryl/α,β-unsaturated/α-hetero) is 1. The predicted octanol–water partition coefficient (Wildman–Crippen LogP) is 4.25. The molecule has 1 N–H and O–H groups in total. The van der Waals surface area contributed by atoms with Crippen molar-refractivity contribution in [2.24, 2.45) is 0 Å². The number of furan rings is 1. The molecule has 2 heterocycles. The first kappa shape index (κ1) is 18.5. The van der Waals surface area contributed by atoms with Crippen LogP contribution < -0.4 is 4.90 Å². The number of aliphatic hydroxyl groups is 1. The molecule has 1 aromatic heterocycles. The van der Waals surface area contributed by atoms with Crippen LogP contribution in [0.15, 0.2) is 65.1 Å². The molecule has 142 valence electrons. The SMILES string of the molecule is Cc1ccc(C(=O)C[C@]2(O)C(=O)N(Cc3cccc(Cl)c3)c3ccccc32)o1. The number of anilines is 1. The third kappa shape index (κ3) is 3.13. The summed E-state index contributed by atoms with van der Waals surface area (Å²) in [6.07, 6.45) is -0.387. The van der Waals surface area contributed by atoms with Gasteiger partial charge in [-0.25, -0.2) is 0 Å². The van der Waals surface area contributed by atoms with Gasteiger partial charge < -0.3 is 14.4 Å². The highest BCUT2D eigenvalue weighted by molar-refractivity contribution is 6.30. The number of fused-ring (bicyclic) bond motifs is 1. The molecule has 1 aliphatic heterocycles. The van der Waals surface area contributed by atoms with E-state index < -0.39 is 17.3 Å². The minimum Gasteiger partial charge on any atom is -0.458 e. The Morgan fingerprint density at radius 1 is 1.14 bits per heavy atom. The second-order valence-electron chi connectivity index (χ2n) is 6.91. The van der Waals surface area contributed by atoms with E-state index in [1.54, 1.807) is 61.5 Å². The fourth-order valence-corrected chi connectivity index (χ4v) is 3.77. The zero-order valence-corrected chi connectivity index (χ0v) is 15.9. The zero-order valence-electron chi connectivity index (χ0n) is 15.2. The summed E-state index contributed by atoms with van der Waals surface area (Å²) >= 11 is 6.05. The topological polar surface area (TPSA) is 70.8 Å². The molecule has 1 amide bonds. The number of ketones is 1. The van der Waals surface area contributed by atoms with Crippen molar-refractivity contribution in [1.82, 2.24) is 0 Å². The van der Waals surface area contributed by atoms with Crippen LogP contribution in [0.3, 0.4) is 0 Å². The largest absolute Gasteiger partial charge is 0.458 e. The van der Waals surface area contributed by atoms with Crippen molar-refractivity contribution in [1.29, 1.82) is 0 Å². The number of amides is 1. The second kappa shape index (κ2) is 6.93. The van der Waals surface area contributed by atoms with E-state index in [0.717, 1.165) is 5.56 Å². The van der Waals surface area contributed by atoms with Gasteiger partial charge in [0.05, 0.1) is 18.7 Å². The highest BCUT2D eigenvalue weighted by Gasteiger charge is 2.51. The van der Waals surface area contributed by atoms with E-state index in [2.05, 4.69) is 0 Å². The van der Waals surface area contributed by atoms with E-state index in [0.29, 0.717) is 22.0 Å². The van der Waals surface area contributed by atoms with Crippen LogP contribution in [-0.2, 0) is 16.9 Å². The fourth-order valence-electron chi connectivity index (χ4n) is 3.56. The molecular weight excluding hydrogens is 378 g/mol. The second-order valence-corrected chi connectivity index (χ2v) is 7.35. The van der Waals surface area contributed by atoms with Gasteiger partial charge in [-0.05, 0) is 42.8 Å². The highest BCUT2D eigenvalue weighted by atomic mass is 35.5. The predicted molar refractivity (Wildman–Crippen MR) is 105 cm³/mol. The summed E-state index contributed by atoms with van der Waals surface area (Å²) in [5, 5.41) is 11.8. The van der Waals surface area contributed by atoms with E-state index in [9.17, 15) is 14.7 Å². The van der Waals surface area contributed by atoms with Crippen LogP contribution in [0.2, 0.25) is 5.02 Å². The smallest absolute Gasteiger partial charge is 0.264 e. The maximum absolute atomic E-state index is 13.2. The summed E-state index contributed by atoms with van der Waals surface area (Å²) in [7, 11) is 0. The fraction of sp³-hybridized carbons (Fsp3) is 0.182. The normalized spacial score (nSPS) is 18.4. The van der Waals surface area contributed by atoms with Crippen molar-refractivity contribution in [3.63, 3.8) is 0 Å². The Morgan fingerprint density at radius 2 is 1.93 bits per heavy atom. The van der Waals surface area contributed by atoms with E-state index in [-0.39, 0.29) is 18.7 Å². The van der Waals surface area contributed by atoms with Crippen LogP contribution in [0.1, 0.15) is 33.9 Å². The lowest BCUT2D eigenvalue weighted by Gasteiger charge is -2.22. The first-order valence-corrected chi connectivity index (χ1v) is 9.24. The number of carbonyl (C=O) groups excluding carboxylic acids is 2. The molecule has 0 spiro atoms. The van der Waals surface area contributed by atoms with E-state index in [1.807, 2.05) is 6.07 Å². The summed E-state index contributed by atoms with van der Waals surface area (Å²) in [5.74, 6) is -0.241. The van der Waals surface area contributed by atoms with E-state index in [1.165, 1.54) is 4.90 Å². The molecule has 0 bridgehead atoms. The molecule has 3 aromatic rings. The molecule has 28 heavy (non-hydrogen) atoms. The Labute approximate surface area is 167 Å². The lowest BCUT2D eigenvalue weighted by molar-refractivity contribution is -0.136. The summed E-state index contributed by atoms with van der Waals surface area (Å²) in [6.45, 7) is 1.97. The number of halogens is 1. The van der Waals surface area contributed by atoms with Crippen molar-refractivity contribution in [2.45, 2.75) is 25.5 Å². The number of rotatable bonds is 5. The minimum atomic E-state index is -1.94. The number of hydrogen-bond acceptors (Lipinski definition) is 4. The molecule has 2 aromatic carbocycles. The molecule has 0 saturated heterocycles. The number of carbonyl (C=O) groups is 2. The van der Waals surface area contributed by atoms with Crippen LogP contribution in [-0.4, -0.2) is 16.8 Å². The summed E-state index contributed by atoms with van der Waals surface area (Å²) in [4.78, 5) is 27.3. The van der Waals surface area contributed by atoms with Crippen molar-refractivity contribution in [3.05, 3.63) is 88.3 Å². The molecular formula is C22H18ClNO4. The zero-order chi connectivity index (χ0) is 19.9. The van der Waals surface area contributed by atoms with Crippen molar-refractivity contribution in [3.8, 4) is 0 Å². The summed E-state index contributed by atoms with van der Waals surface area (Å²) < 4.78 is 5.36. The van der Waals surface area contributed by atoms with Gasteiger partial charge in [0, 0.05) is 10.6 Å². The van der Waals surface area contributed by atoms with Gasteiger partial charge in [0.1, 0.15) is 5.76 Å². The van der Waals surface area contributed by atoms with Crippen molar-refractivity contribution in [2.75, 3.05) is 4.90 Å². The maximum atomic E-state index is 13.2. The molecule has 0 unspecified atom stereocenters. The monoisotopic (exact) mass is 395 g/mol. The first-order valence-electron chi connectivity index (χ1n) is 8.86. The average molecular weight is 396 g/mol. The molecule has 0 radical (unpaired) electrons. The van der Waals surface area contributed by atoms with E-state index >= 15 is 0 Å². The third-order valence-electron chi connectivity index (χ3n) is 4.90. The number of para-hydroxylation sites is 1. The maximum Gasteiger partial charge on any atom is 0.264 e. The Balaban J connectivity index is 1.68. The van der Waals surface area contributed by atoms with Gasteiger partial charge >= 0.3 is 0 Å². The summed E-state index contributed by atoms with van der Waals surface area (Å²) in [5.41, 5.74) is -0.114. The molecule has 6 heteroatoms. The van der Waals surface area contributed by atoms with Gasteiger partial charge in [0.15, 0.2) is 11.4 Å². The van der Waals surface area contributed by atoms with Crippen LogP contribution in [0.5, 0.6) is 0 Å². The first-order chi connectivity index (χ1) is 13.4. The Kier molecular flexibility index (Phi) is 4.57. The van der Waals surface area contributed by atoms with Crippen LogP contribution in [0.4, 0.5) is 5.69 Å². The van der Waals surface area contributed by atoms with Gasteiger partial charge in [-0.2, -0.15) is 0 Å². The molecule has 0 aliphatic carbocycles. The van der Waals surface area contributed by atoms with Gasteiger partial charge in [0.2, 0.25) is 5.78 Å². The molecule has 0 saturated carbocycles. The molecule has 4 rings (SSSR count). The van der Waals surface area contributed by atoms with Gasteiger partial charge in [0.25, 0.3) is 5.91 Å². The Bertz CT molecular complexity index is 1070. The van der Waals surface area contributed by atoms with Gasteiger partial charge in [-0.1, -0.05) is 41.9 Å². The highest BCUT2D eigenvalue weighted by Crippen LogP contribution is 2.43. The van der Waals surface area contributed by atoms with Crippen LogP contribution in [0.25, 0.3) is 0 Å². The van der Waals surface area contributed by atoms with E-state index in [4.69, 9.17) is 16.0 Å². The quantitative estimate of drug-likeness (QED) is 0.655. The Morgan fingerprint density at radius 3 is 2.64 bits per heavy atom. The number of hydrogen-bond donors (Lipinski definition) is 1. The van der Waals surface area contributed by atoms with Gasteiger partial charge in [-0.3, -0.25) is 9.59 Å². The van der Waals surface area contributed by atoms with Crippen LogP contribution in [0, 0.1) is 6.92 Å². The molecule has 1 aliphatic rings. The van der Waals surface area contributed by atoms with Gasteiger partial charge in [-0.15, -0.1) is 0 Å². The number of aryl methyl sites for hydroxylation is 1. The van der Waals surface area contributed by atoms with Crippen LogP contribution >= 0.6 is 11.6 Å². The third-order valence-corrected chi connectivity index (χ3v) is 5.14. The molecule has 0 fully saturated rings. The lowest BCUT2D eigenvalue weighted by Crippen LogP contribution is -2.41. The van der Waals surface area contributed by atoms with Crippen molar-refractivity contribution < 1.29 is 19.1 Å². The molecule has 1 atom stereocenters. The number of benzene rings is 2. The standard InChI is InChI=1S/C22H18ClNO4/c1-14-9-10-20(28-14)19(25)12-22(27)17-7-2-3-8-18(17)24(21(22)26)13-15-5-4-6-16(23)11-15/h2-11,27H,12-13H2,1H3/t22-/m1/s1. The number of nitrogens with zero attached hydrogens (tertiary/aromatic N) is 1. The average Bonchev–Trinajstić information content (AvgIpc) is 3.19. The van der Waals surface area contributed by atoms with Crippen molar-refractivity contribution >= 4 is 29.0 Å².